The molecule has 2 aromatic rings. The second-order valence-electron chi connectivity index (χ2n) is 4.41. The molecule has 0 aliphatic heterocycles. The predicted octanol–water partition coefficient (Wildman–Crippen LogP) is 4.69. The van der Waals surface area contributed by atoms with Crippen LogP contribution in [0.1, 0.15) is 15.9 Å². The van der Waals surface area contributed by atoms with Crippen LogP contribution in [0.3, 0.4) is 0 Å². The quantitative estimate of drug-likeness (QED) is 0.264. The van der Waals surface area contributed by atoms with Gasteiger partial charge in [0, 0.05) is 6.07 Å². The number of nitro groups is 1. The minimum Gasteiger partial charge on any atom is -0.288 e. The SMILES string of the molecule is N#C/C(=C\c1ccccc1[N+](=O)[O-])C(=O)c1c(Cl)cccc1Cl. The van der Waals surface area contributed by atoms with Gasteiger partial charge in [0.15, 0.2) is 0 Å². The normalized spacial score (nSPS) is 10.9. The monoisotopic (exact) mass is 346 g/mol. The highest BCUT2D eigenvalue weighted by atomic mass is 35.5. The molecule has 0 saturated carbocycles. The summed E-state index contributed by atoms with van der Waals surface area (Å²) >= 11 is 11.9. The van der Waals surface area contributed by atoms with Gasteiger partial charge in [-0.2, -0.15) is 5.26 Å². The fourth-order valence-corrected chi connectivity index (χ4v) is 2.50. The zero-order valence-corrected chi connectivity index (χ0v) is 13.0. The number of benzene rings is 2. The molecule has 7 heteroatoms. The van der Waals surface area contributed by atoms with Crippen LogP contribution in [0.25, 0.3) is 6.08 Å². The van der Waals surface area contributed by atoms with E-state index in [0.717, 1.165) is 6.08 Å². The molecule has 0 aliphatic carbocycles. The highest BCUT2D eigenvalue weighted by Crippen LogP contribution is 2.28. The summed E-state index contributed by atoms with van der Waals surface area (Å²) in [5, 5.41) is 20.4. The summed E-state index contributed by atoms with van der Waals surface area (Å²) in [6.07, 6.45) is 1.15. The molecule has 0 aliphatic rings. The summed E-state index contributed by atoms with van der Waals surface area (Å²) in [5.74, 6) is -0.693. The van der Waals surface area contributed by atoms with Gasteiger partial charge in [-0.1, -0.05) is 41.4 Å². The molecule has 0 unspecified atom stereocenters. The Bertz CT molecular complexity index is 850. The second-order valence-corrected chi connectivity index (χ2v) is 5.23. The number of nitro benzene ring substituents is 1. The molecule has 0 heterocycles. The van der Waals surface area contributed by atoms with Crippen molar-refractivity contribution in [1.29, 1.82) is 5.26 Å². The fourth-order valence-electron chi connectivity index (χ4n) is 1.93. The smallest absolute Gasteiger partial charge is 0.276 e. The number of nitrogens with zero attached hydrogens (tertiary/aromatic N) is 2. The standard InChI is InChI=1S/C16H8Cl2N2O3/c17-12-5-3-6-13(18)15(12)16(21)11(9-19)8-10-4-1-2-7-14(10)20(22)23/h1-8H/b11-8+. The number of rotatable bonds is 4. The van der Waals surface area contributed by atoms with E-state index in [-0.39, 0.29) is 32.4 Å². The van der Waals surface area contributed by atoms with Gasteiger partial charge in [0.25, 0.3) is 5.69 Å². The summed E-state index contributed by atoms with van der Waals surface area (Å²) in [5.41, 5.74) is -0.375. The Kier molecular flexibility index (Phi) is 5.12. The molecule has 23 heavy (non-hydrogen) atoms. The number of Topliss-reactive ketones (excluding diaryl/α,β-unsaturated/α-hetero) is 1. The maximum atomic E-state index is 12.5. The summed E-state index contributed by atoms with van der Waals surface area (Å²) in [6.45, 7) is 0. The van der Waals surface area contributed by atoms with Crippen molar-refractivity contribution in [3.05, 3.63) is 79.3 Å². The molecule has 0 fully saturated rings. The molecule has 2 aromatic carbocycles. The summed E-state index contributed by atoms with van der Waals surface area (Å²) in [7, 11) is 0. The van der Waals surface area contributed by atoms with E-state index in [0.29, 0.717) is 0 Å². The van der Waals surface area contributed by atoms with Crippen molar-refractivity contribution in [1.82, 2.24) is 0 Å². The third kappa shape index (κ3) is 3.57. The van der Waals surface area contributed by atoms with Gasteiger partial charge in [-0.25, -0.2) is 0 Å². The Balaban J connectivity index is 2.55. The number of carbonyl (C=O) groups is 1. The van der Waals surface area contributed by atoms with Crippen LogP contribution in [-0.4, -0.2) is 10.7 Å². The minimum atomic E-state index is -0.693. The van der Waals surface area contributed by atoms with E-state index in [1.165, 1.54) is 30.3 Å². The molecule has 114 valence electrons. The van der Waals surface area contributed by atoms with E-state index < -0.39 is 10.7 Å². The van der Waals surface area contributed by atoms with Crippen molar-refractivity contribution in [2.24, 2.45) is 0 Å². The Labute approximate surface area is 141 Å². The summed E-state index contributed by atoms with van der Waals surface area (Å²) in [6, 6.07) is 12.0. The highest BCUT2D eigenvalue weighted by Gasteiger charge is 2.20. The molecular formula is C16H8Cl2N2O3. The van der Waals surface area contributed by atoms with Crippen LogP contribution in [0, 0.1) is 21.4 Å². The first-order valence-electron chi connectivity index (χ1n) is 6.29. The van der Waals surface area contributed by atoms with Crippen LogP contribution < -0.4 is 0 Å². The lowest BCUT2D eigenvalue weighted by Gasteiger charge is -2.05. The van der Waals surface area contributed by atoms with E-state index in [1.807, 2.05) is 0 Å². The molecule has 0 N–H and O–H groups in total. The van der Waals surface area contributed by atoms with E-state index in [2.05, 4.69) is 0 Å². The van der Waals surface area contributed by atoms with Gasteiger partial charge in [-0.15, -0.1) is 0 Å². The Morgan fingerprint density at radius 1 is 1.13 bits per heavy atom. The lowest BCUT2D eigenvalue weighted by atomic mass is 10.0. The van der Waals surface area contributed by atoms with Gasteiger partial charge in [-0.3, -0.25) is 14.9 Å². The Morgan fingerprint density at radius 2 is 1.74 bits per heavy atom. The number of nitriles is 1. The van der Waals surface area contributed by atoms with Crippen LogP contribution in [0.5, 0.6) is 0 Å². The molecule has 0 saturated heterocycles. The third-order valence-corrected chi connectivity index (χ3v) is 3.62. The number of allylic oxidation sites excluding steroid dienone is 1. The van der Waals surface area contributed by atoms with E-state index >= 15 is 0 Å². The molecule has 0 radical (unpaired) electrons. The van der Waals surface area contributed by atoms with Gasteiger partial charge in [-0.05, 0) is 24.3 Å². The van der Waals surface area contributed by atoms with Gasteiger partial charge in [0.1, 0.15) is 11.6 Å². The average molecular weight is 347 g/mol. The van der Waals surface area contributed by atoms with Crippen LogP contribution >= 0.6 is 23.2 Å². The van der Waals surface area contributed by atoms with Crippen LogP contribution in [-0.2, 0) is 0 Å². The number of ketones is 1. The topological polar surface area (TPSA) is 84.0 Å². The number of para-hydroxylation sites is 1. The van der Waals surface area contributed by atoms with E-state index in [1.54, 1.807) is 18.2 Å². The first kappa shape index (κ1) is 16.7. The van der Waals surface area contributed by atoms with Gasteiger partial charge >= 0.3 is 0 Å². The first-order chi connectivity index (χ1) is 11.0. The third-order valence-electron chi connectivity index (χ3n) is 2.99. The lowest BCUT2D eigenvalue weighted by molar-refractivity contribution is -0.385. The molecule has 0 atom stereocenters. The molecule has 5 nitrogen and oxygen atoms in total. The molecule has 0 spiro atoms. The molecule has 0 amide bonds. The van der Waals surface area contributed by atoms with Crippen molar-refractivity contribution in [3.8, 4) is 6.07 Å². The van der Waals surface area contributed by atoms with Gasteiger partial charge in [0.05, 0.1) is 26.1 Å². The Hall–Kier alpha value is -2.68. The number of hydrogen-bond donors (Lipinski definition) is 0. The van der Waals surface area contributed by atoms with Gasteiger partial charge < -0.3 is 0 Å². The Morgan fingerprint density at radius 3 is 2.30 bits per heavy atom. The maximum absolute atomic E-state index is 12.5. The van der Waals surface area contributed by atoms with Gasteiger partial charge in [0.2, 0.25) is 5.78 Å². The molecule has 0 aromatic heterocycles. The van der Waals surface area contributed by atoms with E-state index in [9.17, 15) is 20.2 Å². The van der Waals surface area contributed by atoms with Crippen molar-refractivity contribution in [2.45, 2.75) is 0 Å². The number of carbonyl (C=O) groups excluding carboxylic acids is 1. The second kappa shape index (κ2) is 7.05. The molecule has 0 bridgehead atoms. The molecule has 2 rings (SSSR count). The van der Waals surface area contributed by atoms with Crippen LogP contribution in [0.15, 0.2) is 48.0 Å². The minimum absolute atomic E-state index is 0.0118. The van der Waals surface area contributed by atoms with Crippen molar-refractivity contribution >= 4 is 40.7 Å². The fraction of sp³-hybridized carbons (Fsp3) is 0. The lowest BCUT2D eigenvalue weighted by Crippen LogP contribution is -2.04. The number of hydrogen-bond acceptors (Lipinski definition) is 4. The zero-order valence-electron chi connectivity index (χ0n) is 11.5. The predicted molar refractivity (Wildman–Crippen MR) is 87.5 cm³/mol. The van der Waals surface area contributed by atoms with E-state index in [4.69, 9.17) is 23.2 Å². The van der Waals surface area contributed by atoms with Crippen LogP contribution in [0.4, 0.5) is 5.69 Å². The van der Waals surface area contributed by atoms with Crippen molar-refractivity contribution in [3.63, 3.8) is 0 Å². The maximum Gasteiger partial charge on any atom is 0.276 e. The average Bonchev–Trinajstić information content (AvgIpc) is 2.52. The van der Waals surface area contributed by atoms with Crippen molar-refractivity contribution in [2.75, 3.05) is 0 Å². The summed E-state index contributed by atoms with van der Waals surface area (Å²) in [4.78, 5) is 22.9. The zero-order chi connectivity index (χ0) is 17.0. The van der Waals surface area contributed by atoms with Crippen molar-refractivity contribution < 1.29 is 9.72 Å². The summed E-state index contributed by atoms with van der Waals surface area (Å²) < 4.78 is 0. The molecular weight excluding hydrogens is 339 g/mol. The van der Waals surface area contributed by atoms with Crippen LogP contribution in [0.2, 0.25) is 10.0 Å². The largest absolute Gasteiger partial charge is 0.288 e. The first-order valence-corrected chi connectivity index (χ1v) is 7.05. The highest BCUT2D eigenvalue weighted by molar-refractivity contribution is 6.41. The number of halogens is 2.